The van der Waals surface area contributed by atoms with Crippen LogP contribution in [0.4, 0.5) is 0 Å². The van der Waals surface area contributed by atoms with Crippen molar-refractivity contribution in [2.45, 2.75) is 24.9 Å². The van der Waals surface area contributed by atoms with Crippen molar-refractivity contribution in [3.63, 3.8) is 0 Å². The van der Waals surface area contributed by atoms with Crippen LogP contribution in [0.25, 0.3) is 0 Å². The predicted molar refractivity (Wildman–Crippen MR) is 73.5 cm³/mol. The molecule has 0 N–H and O–H groups in total. The Morgan fingerprint density at radius 2 is 1.22 bits per heavy atom. The number of hydrogen-bond donors (Lipinski definition) is 0. The molecule has 2 aromatic rings. The van der Waals surface area contributed by atoms with Gasteiger partial charge >= 0.3 is 0 Å². The number of rotatable bonds is 0. The highest BCUT2D eigenvalue weighted by Gasteiger charge is 2.37. The number of nitrogens with zero attached hydrogens (tertiary/aromatic N) is 1. The molecular weight excluding hydrogens is 218 g/mol. The quantitative estimate of drug-likeness (QED) is 0.675. The minimum Gasteiger partial charge on any atom is -0.292 e. The van der Waals surface area contributed by atoms with Gasteiger partial charge in [-0.25, -0.2) is 0 Å². The van der Waals surface area contributed by atoms with Gasteiger partial charge in [-0.05, 0) is 42.1 Å². The Balaban J connectivity index is 1.90. The van der Waals surface area contributed by atoms with Gasteiger partial charge in [0.2, 0.25) is 0 Å². The zero-order chi connectivity index (χ0) is 12.1. The lowest BCUT2D eigenvalue weighted by Gasteiger charge is -2.46. The van der Waals surface area contributed by atoms with Crippen LogP contribution in [0.3, 0.4) is 0 Å². The van der Waals surface area contributed by atoms with Crippen LogP contribution in [0, 0.1) is 0 Å². The number of fused-ring (bicyclic) bond motifs is 6. The SMILES string of the molecule is CN1C2Cc3ccccc3C1Cc1ccccc12. The maximum Gasteiger partial charge on any atom is 0.0394 e. The van der Waals surface area contributed by atoms with E-state index in [1.165, 1.54) is 11.1 Å². The molecule has 1 nitrogen and oxygen atoms in total. The fourth-order valence-corrected chi connectivity index (χ4v) is 3.67. The zero-order valence-electron chi connectivity index (χ0n) is 10.6. The highest BCUT2D eigenvalue weighted by molar-refractivity contribution is 5.43. The van der Waals surface area contributed by atoms with E-state index >= 15 is 0 Å². The maximum absolute atomic E-state index is 2.56. The zero-order valence-corrected chi connectivity index (χ0v) is 10.6. The number of likely N-dealkylation sites (N-methyl/N-ethyl adjacent to an activating group) is 1. The maximum atomic E-state index is 2.56. The highest BCUT2D eigenvalue weighted by Crippen LogP contribution is 2.45. The summed E-state index contributed by atoms with van der Waals surface area (Å²) in [6.07, 6.45) is 2.31. The molecule has 0 saturated heterocycles. The molecule has 0 fully saturated rings. The molecule has 4 rings (SSSR count). The third-order valence-corrected chi connectivity index (χ3v) is 4.64. The van der Waals surface area contributed by atoms with Crippen molar-refractivity contribution in [3.05, 3.63) is 70.8 Å². The molecule has 0 radical (unpaired) electrons. The monoisotopic (exact) mass is 235 g/mol. The van der Waals surface area contributed by atoms with Crippen molar-refractivity contribution in [2.24, 2.45) is 0 Å². The molecule has 2 atom stereocenters. The molecular formula is C17H17N. The minimum absolute atomic E-state index is 0.565. The lowest BCUT2D eigenvalue weighted by atomic mass is 9.77. The van der Waals surface area contributed by atoms with Crippen molar-refractivity contribution in [3.8, 4) is 0 Å². The smallest absolute Gasteiger partial charge is 0.0394 e. The molecule has 0 saturated carbocycles. The van der Waals surface area contributed by atoms with Gasteiger partial charge in [0.05, 0.1) is 0 Å². The molecule has 2 heterocycles. The fraction of sp³-hybridized carbons (Fsp3) is 0.294. The lowest BCUT2D eigenvalue weighted by molar-refractivity contribution is 0.138. The molecule has 0 amide bonds. The van der Waals surface area contributed by atoms with E-state index in [0.717, 1.165) is 12.8 Å². The standard InChI is InChI=1S/C17H17N/c1-18-16-10-12-6-2-4-8-14(12)17(18)11-13-7-3-5-9-15(13)16/h2-9,16-17H,10-11H2,1H3. The van der Waals surface area contributed by atoms with Crippen LogP contribution in [-0.2, 0) is 12.8 Å². The van der Waals surface area contributed by atoms with Gasteiger partial charge in [0, 0.05) is 12.1 Å². The number of benzene rings is 2. The van der Waals surface area contributed by atoms with E-state index in [2.05, 4.69) is 60.5 Å². The molecule has 0 aliphatic carbocycles. The average Bonchev–Trinajstić information content (AvgIpc) is 2.40. The van der Waals surface area contributed by atoms with Gasteiger partial charge < -0.3 is 0 Å². The summed E-state index contributed by atoms with van der Waals surface area (Å²) >= 11 is 0. The van der Waals surface area contributed by atoms with Crippen molar-refractivity contribution in [1.82, 2.24) is 4.90 Å². The fourth-order valence-electron chi connectivity index (χ4n) is 3.67. The largest absolute Gasteiger partial charge is 0.292 e. The summed E-state index contributed by atoms with van der Waals surface area (Å²) in [5.74, 6) is 0. The first-order valence-electron chi connectivity index (χ1n) is 6.72. The Bertz CT molecular complexity index is 549. The molecule has 2 unspecified atom stereocenters. The van der Waals surface area contributed by atoms with Crippen molar-refractivity contribution in [2.75, 3.05) is 7.05 Å². The summed E-state index contributed by atoms with van der Waals surface area (Å²) in [6, 6.07) is 19.0. The summed E-state index contributed by atoms with van der Waals surface area (Å²) in [4.78, 5) is 2.56. The Morgan fingerprint density at radius 1 is 0.778 bits per heavy atom. The normalized spacial score (nSPS) is 25.4. The molecule has 0 spiro atoms. The van der Waals surface area contributed by atoms with Crippen LogP contribution < -0.4 is 0 Å². The first-order valence-corrected chi connectivity index (χ1v) is 6.72. The molecule has 2 aromatic carbocycles. The van der Waals surface area contributed by atoms with Gasteiger partial charge in [0.15, 0.2) is 0 Å². The Morgan fingerprint density at radius 3 is 1.72 bits per heavy atom. The Kier molecular flexibility index (Phi) is 2.12. The first kappa shape index (κ1) is 10.3. The Labute approximate surface area is 108 Å². The third-order valence-electron chi connectivity index (χ3n) is 4.64. The van der Waals surface area contributed by atoms with E-state index in [1.54, 1.807) is 11.1 Å². The second-order valence-corrected chi connectivity index (χ2v) is 5.50. The molecule has 2 bridgehead atoms. The first-order chi connectivity index (χ1) is 8.84. The summed E-state index contributed by atoms with van der Waals surface area (Å²) in [5.41, 5.74) is 6.15. The second kappa shape index (κ2) is 3.69. The Hall–Kier alpha value is -1.60. The van der Waals surface area contributed by atoms with Gasteiger partial charge in [-0.15, -0.1) is 0 Å². The van der Waals surface area contributed by atoms with Crippen LogP contribution >= 0.6 is 0 Å². The predicted octanol–water partition coefficient (Wildman–Crippen LogP) is 3.51. The molecule has 18 heavy (non-hydrogen) atoms. The van der Waals surface area contributed by atoms with Gasteiger partial charge in [-0.1, -0.05) is 48.5 Å². The van der Waals surface area contributed by atoms with Crippen LogP contribution in [0.2, 0.25) is 0 Å². The summed E-state index contributed by atoms with van der Waals surface area (Å²) in [7, 11) is 2.28. The van der Waals surface area contributed by atoms with Crippen molar-refractivity contribution in [1.29, 1.82) is 0 Å². The van der Waals surface area contributed by atoms with E-state index in [4.69, 9.17) is 0 Å². The van der Waals surface area contributed by atoms with E-state index in [-0.39, 0.29) is 0 Å². The lowest BCUT2D eigenvalue weighted by Crippen LogP contribution is -2.40. The van der Waals surface area contributed by atoms with Crippen molar-refractivity contribution >= 4 is 0 Å². The molecule has 90 valence electrons. The van der Waals surface area contributed by atoms with Gasteiger partial charge in [-0.2, -0.15) is 0 Å². The average molecular weight is 235 g/mol. The highest BCUT2D eigenvalue weighted by atomic mass is 15.2. The third kappa shape index (κ3) is 1.31. The minimum atomic E-state index is 0.565. The van der Waals surface area contributed by atoms with E-state index < -0.39 is 0 Å². The van der Waals surface area contributed by atoms with Crippen LogP contribution in [0.5, 0.6) is 0 Å². The van der Waals surface area contributed by atoms with Crippen LogP contribution in [-0.4, -0.2) is 11.9 Å². The molecule has 2 aliphatic rings. The van der Waals surface area contributed by atoms with Crippen molar-refractivity contribution < 1.29 is 0 Å². The van der Waals surface area contributed by atoms with Gasteiger partial charge in [-0.3, -0.25) is 4.90 Å². The molecule has 0 aromatic heterocycles. The number of hydrogen-bond acceptors (Lipinski definition) is 1. The summed E-state index contributed by atoms with van der Waals surface area (Å²) < 4.78 is 0. The van der Waals surface area contributed by atoms with E-state index in [1.807, 2.05) is 0 Å². The van der Waals surface area contributed by atoms with E-state index in [9.17, 15) is 0 Å². The van der Waals surface area contributed by atoms with Crippen LogP contribution in [0.1, 0.15) is 34.3 Å². The van der Waals surface area contributed by atoms with Gasteiger partial charge in [0.25, 0.3) is 0 Å². The van der Waals surface area contributed by atoms with Crippen LogP contribution in [0.15, 0.2) is 48.5 Å². The molecule has 2 aliphatic heterocycles. The topological polar surface area (TPSA) is 3.24 Å². The van der Waals surface area contributed by atoms with E-state index in [0.29, 0.717) is 12.1 Å². The molecule has 1 heteroatoms. The summed E-state index contributed by atoms with van der Waals surface area (Å²) in [6.45, 7) is 0. The summed E-state index contributed by atoms with van der Waals surface area (Å²) in [5, 5.41) is 0. The van der Waals surface area contributed by atoms with Gasteiger partial charge in [0.1, 0.15) is 0 Å². The second-order valence-electron chi connectivity index (χ2n) is 5.50.